The number of oxazole rings is 1. The van der Waals surface area contributed by atoms with Crippen molar-refractivity contribution >= 4 is 6.09 Å². The summed E-state index contributed by atoms with van der Waals surface area (Å²) in [6.45, 7) is 6.02. The number of halogens is 1. The largest absolute Gasteiger partial charge is 0.446 e. The average Bonchev–Trinajstić information content (AvgIpc) is 2.81. The van der Waals surface area contributed by atoms with E-state index < -0.39 is 17.4 Å². The van der Waals surface area contributed by atoms with Gasteiger partial charge in [-0.15, -0.1) is 0 Å². The lowest BCUT2D eigenvalue weighted by Crippen LogP contribution is -2.45. The number of hydrogen-bond donors (Lipinski definition) is 0. The van der Waals surface area contributed by atoms with Crippen molar-refractivity contribution in [2.24, 2.45) is 0 Å². The standard InChI is InChI=1S/C13H19FN2O3/c1-12(2,3)19-11(17)16-7-4-13(14,5-8-16)10-15-6-9-18-10/h6,9H,4-5,7-8H2,1-3H3. The lowest BCUT2D eigenvalue weighted by molar-refractivity contribution is -0.00461. The molecule has 0 bridgehead atoms. The van der Waals surface area contributed by atoms with Crippen LogP contribution in [-0.2, 0) is 10.4 Å². The topological polar surface area (TPSA) is 55.6 Å². The van der Waals surface area contributed by atoms with Crippen LogP contribution in [0.2, 0.25) is 0 Å². The van der Waals surface area contributed by atoms with E-state index in [1.807, 2.05) is 0 Å². The molecule has 106 valence electrons. The van der Waals surface area contributed by atoms with Crippen molar-refractivity contribution in [1.29, 1.82) is 0 Å². The highest BCUT2D eigenvalue weighted by molar-refractivity contribution is 5.68. The zero-order chi connectivity index (χ0) is 14.1. The predicted octanol–water partition coefficient (Wildman–Crippen LogP) is 2.87. The summed E-state index contributed by atoms with van der Waals surface area (Å²) in [5, 5.41) is 0. The average molecular weight is 270 g/mol. The van der Waals surface area contributed by atoms with Crippen LogP contribution in [0.5, 0.6) is 0 Å². The van der Waals surface area contributed by atoms with Gasteiger partial charge in [-0.05, 0) is 20.8 Å². The van der Waals surface area contributed by atoms with Crippen LogP contribution in [0.1, 0.15) is 39.5 Å². The first-order valence-corrected chi connectivity index (χ1v) is 6.37. The van der Waals surface area contributed by atoms with Gasteiger partial charge in [0.2, 0.25) is 5.89 Å². The van der Waals surface area contributed by atoms with Crippen molar-refractivity contribution in [1.82, 2.24) is 9.88 Å². The molecule has 1 aromatic rings. The Morgan fingerprint density at radius 3 is 2.58 bits per heavy atom. The van der Waals surface area contributed by atoms with Gasteiger partial charge in [-0.2, -0.15) is 0 Å². The Balaban J connectivity index is 1.94. The number of alkyl halides is 1. The van der Waals surface area contributed by atoms with E-state index in [-0.39, 0.29) is 18.7 Å². The van der Waals surface area contributed by atoms with Crippen LogP contribution in [0.3, 0.4) is 0 Å². The van der Waals surface area contributed by atoms with Crippen molar-refractivity contribution in [2.45, 2.75) is 44.9 Å². The van der Waals surface area contributed by atoms with Crippen molar-refractivity contribution < 1.29 is 18.3 Å². The van der Waals surface area contributed by atoms with Crippen molar-refractivity contribution in [2.75, 3.05) is 13.1 Å². The Hall–Kier alpha value is -1.59. The van der Waals surface area contributed by atoms with E-state index in [0.717, 1.165) is 0 Å². The monoisotopic (exact) mass is 270 g/mol. The molecule has 1 aliphatic rings. The third-order valence-corrected chi connectivity index (χ3v) is 3.02. The van der Waals surface area contributed by atoms with Crippen LogP contribution in [-0.4, -0.2) is 34.7 Å². The van der Waals surface area contributed by atoms with Crippen LogP contribution in [0.25, 0.3) is 0 Å². The van der Waals surface area contributed by atoms with E-state index in [2.05, 4.69) is 4.98 Å². The Morgan fingerprint density at radius 1 is 1.47 bits per heavy atom. The summed E-state index contributed by atoms with van der Waals surface area (Å²) in [6.07, 6.45) is 2.73. The van der Waals surface area contributed by atoms with Crippen LogP contribution in [0.15, 0.2) is 16.9 Å². The van der Waals surface area contributed by atoms with Gasteiger partial charge in [-0.3, -0.25) is 0 Å². The number of likely N-dealkylation sites (tertiary alicyclic amines) is 1. The predicted molar refractivity (Wildman–Crippen MR) is 66.3 cm³/mol. The van der Waals surface area contributed by atoms with Gasteiger partial charge in [-0.25, -0.2) is 14.2 Å². The maximum atomic E-state index is 14.6. The van der Waals surface area contributed by atoms with Crippen LogP contribution < -0.4 is 0 Å². The van der Waals surface area contributed by atoms with Gasteiger partial charge < -0.3 is 14.1 Å². The molecule has 0 unspecified atom stereocenters. The number of aromatic nitrogens is 1. The fraction of sp³-hybridized carbons (Fsp3) is 0.692. The molecule has 5 nitrogen and oxygen atoms in total. The van der Waals surface area contributed by atoms with Crippen LogP contribution in [0.4, 0.5) is 9.18 Å². The molecule has 19 heavy (non-hydrogen) atoms. The summed E-state index contributed by atoms with van der Waals surface area (Å²) in [7, 11) is 0. The number of carbonyl (C=O) groups is 1. The number of carbonyl (C=O) groups excluding carboxylic acids is 1. The van der Waals surface area contributed by atoms with Gasteiger partial charge in [0, 0.05) is 25.9 Å². The number of amides is 1. The second-order valence-corrected chi connectivity index (χ2v) is 5.77. The van der Waals surface area contributed by atoms with E-state index in [1.54, 1.807) is 20.8 Å². The fourth-order valence-electron chi connectivity index (χ4n) is 2.03. The molecule has 1 saturated heterocycles. The van der Waals surface area contributed by atoms with E-state index in [1.165, 1.54) is 17.4 Å². The molecule has 0 aromatic carbocycles. The first kappa shape index (κ1) is 13.8. The zero-order valence-corrected chi connectivity index (χ0v) is 11.5. The molecule has 0 spiro atoms. The third kappa shape index (κ3) is 3.24. The van der Waals surface area contributed by atoms with Crippen LogP contribution in [0, 0.1) is 0 Å². The quantitative estimate of drug-likeness (QED) is 0.787. The molecule has 2 rings (SSSR count). The van der Waals surface area contributed by atoms with E-state index in [0.29, 0.717) is 13.1 Å². The minimum Gasteiger partial charge on any atom is -0.446 e. The lowest BCUT2D eigenvalue weighted by atomic mass is 9.93. The smallest absolute Gasteiger partial charge is 0.410 e. The molecule has 1 aliphatic heterocycles. The molecule has 1 aromatic heterocycles. The maximum absolute atomic E-state index is 14.6. The van der Waals surface area contributed by atoms with Gasteiger partial charge in [0.1, 0.15) is 11.9 Å². The highest BCUT2D eigenvalue weighted by Crippen LogP contribution is 2.36. The Labute approximate surface area is 111 Å². The second-order valence-electron chi connectivity index (χ2n) is 5.77. The van der Waals surface area contributed by atoms with E-state index >= 15 is 0 Å². The molecule has 0 N–H and O–H groups in total. The highest BCUT2D eigenvalue weighted by atomic mass is 19.1. The maximum Gasteiger partial charge on any atom is 0.410 e. The minimum atomic E-state index is -1.58. The van der Waals surface area contributed by atoms with Gasteiger partial charge in [-0.1, -0.05) is 0 Å². The second kappa shape index (κ2) is 4.83. The Bertz CT molecular complexity index is 431. The normalized spacial score (nSPS) is 19.3. The van der Waals surface area contributed by atoms with Crippen molar-refractivity contribution in [3.8, 4) is 0 Å². The van der Waals surface area contributed by atoms with Gasteiger partial charge in [0.05, 0.1) is 6.20 Å². The summed E-state index contributed by atoms with van der Waals surface area (Å²) in [5.74, 6) is 0.0938. The molecule has 0 atom stereocenters. The van der Waals surface area contributed by atoms with Crippen molar-refractivity contribution in [3.05, 3.63) is 18.4 Å². The molecule has 0 aliphatic carbocycles. The SMILES string of the molecule is CC(C)(C)OC(=O)N1CCC(F)(c2ncco2)CC1. The molecular weight excluding hydrogens is 251 g/mol. The molecule has 6 heteroatoms. The van der Waals surface area contributed by atoms with Gasteiger partial charge >= 0.3 is 6.09 Å². The summed E-state index contributed by atoms with van der Waals surface area (Å²) in [6, 6.07) is 0. The highest BCUT2D eigenvalue weighted by Gasteiger charge is 2.41. The third-order valence-electron chi connectivity index (χ3n) is 3.02. The number of nitrogens with zero attached hydrogens (tertiary/aromatic N) is 2. The summed E-state index contributed by atoms with van der Waals surface area (Å²) < 4.78 is 24.9. The minimum absolute atomic E-state index is 0.0938. The van der Waals surface area contributed by atoms with Crippen LogP contribution >= 0.6 is 0 Å². The first-order chi connectivity index (χ1) is 8.80. The molecule has 1 fully saturated rings. The lowest BCUT2D eigenvalue weighted by Gasteiger charge is -2.35. The van der Waals surface area contributed by atoms with E-state index in [4.69, 9.17) is 9.15 Å². The Kier molecular flexibility index (Phi) is 3.52. The van der Waals surface area contributed by atoms with Gasteiger partial charge in [0.25, 0.3) is 0 Å². The fourth-order valence-corrected chi connectivity index (χ4v) is 2.03. The number of hydrogen-bond acceptors (Lipinski definition) is 4. The number of rotatable bonds is 1. The summed E-state index contributed by atoms with van der Waals surface area (Å²) >= 11 is 0. The summed E-state index contributed by atoms with van der Waals surface area (Å²) in [5.41, 5.74) is -2.12. The number of piperidine rings is 1. The van der Waals surface area contributed by atoms with Gasteiger partial charge in [0.15, 0.2) is 5.67 Å². The zero-order valence-electron chi connectivity index (χ0n) is 11.5. The summed E-state index contributed by atoms with van der Waals surface area (Å²) in [4.78, 5) is 17.2. The van der Waals surface area contributed by atoms with E-state index in [9.17, 15) is 9.18 Å². The molecule has 0 saturated carbocycles. The van der Waals surface area contributed by atoms with Crippen molar-refractivity contribution in [3.63, 3.8) is 0 Å². The number of ether oxygens (including phenoxy) is 1. The molecule has 0 radical (unpaired) electrons. The molecule has 1 amide bonds. The first-order valence-electron chi connectivity index (χ1n) is 6.37. The molecule has 2 heterocycles. The Morgan fingerprint density at radius 2 is 2.11 bits per heavy atom. The molecular formula is C13H19FN2O3.